The monoisotopic (exact) mass is 246 g/mol. The van der Waals surface area contributed by atoms with Gasteiger partial charge in [0.2, 0.25) is 0 Å². The molecule has 0 aliphatic heterocycles. The molecule has 0 spiro atoms. The fraction of sp³-hybridized carbons (Fsp3) is 0.818. The van der Waals surface area contributed by atoms with Gasteiger partial charge in [-0.15, -0.1) is 0 Å². The van der Waals surface area contributed by atoms with E-state index in [9.17, 15) is 9.59 Å². The molecule has 0 fully saturated rings. The van der Waals surface area contributed by atoms with Crippen LogP contribution < -0.4 is 11.1 Å². The summed E-state index contributed by atoms with van der Waals surface area (Å²) < 4.78 is 9.37. The van der Waals surface area contributed by atoms with Gasteiger partial charge in [-0.3, -0.25) is 0 Å². The molecule has 0 heterocycles. The normalized spacial score (nSPS) is 11.7. The highest BCUT2D eigenvalue weighted by molar-refractivity contribution is 5.81. The number of nitrogens with two attached hydrogens (primary N) is 1. The molecule has 0 rings (SSSR count). The van der Waals surface area contributed by atoms with E-state index in [0.29, 0.717) is 6.61 Å². The Morgan fingerprint density at radius 2 is 2.00 bits per heavy atom. The van der Waals surface area contributed by atoms with Crippen molar-refractivity contribution in [2.24, 2.45) is 5.73 Å². The predicted octanol–water partition coefficient (Wildman–Crippen LogP) is 0.793. The van der Waals surface area contributed by atoms with Crippen LogP contribution in [-0.2, 0) is 14.3 Å². The standard InChI is InChI=1S/C11H22N2O4/c1-3-4-5-6-7-17-11(15)13-9(8-12)10(14)16-2/h9H,3-8,12H2,1-2H3,(H,13,15)/t9-/m0/s1. The lowest BCUT2D eigenvalue weighted by atomic mass is 10.2. The van der Waals surface area contributed by atoms with Crippen LogP contribution in [0.1, 0.15) is 32.6 Å². The molecule has 0 aromatic rings. The fourth-order valence-electron chi connectivity index (χ4n) is 1.23. The van der Waals surface area contributed by atoms with Gasteiger partial charge >= 0.3 is 12.1 Å². The fourth-order valence-corrected chi connectivity index (χ4v) is 1.23. The Bertz CT molecular complexity index is 234. The first-order chi connectivity index (χ1) is 8.15. The average Bonchev–Trinajstić information content (AvgIpc) is 2.34. The van der Waals surface area contributed by atoms with Gasteiger partial charge in [-0.25, -0.2) is 9.59 Å². The van der Waals surface area contributed by atoms with Crippen LogP contribution in [0.2, 0.25) is 0 Å². The smallest absolute Gasteiger partial charge is 0.407 e. The van der Waals surface area contributed by atoms with Gasteiger partial charge in [0, 0.05) is 6.54 Å². The third-order valence-electron chi connectivity index (χ3n) is 2.24. The summed E-state index contributed by atoms with van der Waals surface area (Å²) in [5.41, 5.74) is 5.32. The van der Waals surface area contributed by atoms with Crippen molar-refractivity contribution in [2.75, 3.05) is 20.3 Å². The Labute approximate surface area is 102 Å². The number of alkyl carbamates (subject to hydrolysis) is 1. The van der Waals surface area contributed by atoms with Crippen LogP contribution in [0.5, 0.6) is 0 Å². The molecule has 0 aromatic heterocycles. The van der Waals surface area contributed by atoms with Gasteiger partial charge in [0.15, 0.2) is 0 Å². The van der Waals surface area contributed by atoms with Gasteiger partial charge in [0.05, 0.1) is 13.7 Å². The molecular weight excluding hydrogens is 224 g/mol. The topological polar surface area (TPSA) is 90.6 Å². The first kappa shape index (κ1) is 15.7. The van der Waals surface area contributed by atoms with E-state index in [1.165, 1.54) is 7.11 Å². The zero-order valence-corrected chi connectivity index (χ0v) is 10.5. The van der Waals surface area contributed by atoms with Crippen LogP contribution in [0, 0.1) is 0 Å². The molecule has 0 radical (unpaired) electrons. The first-order valence-corrected chi connectivity index (χ1v) is 5.86. The highest BCUT2D eigenvalue weighted by Gasteiger charge is 2.19. The van der Waals surface area contributed by atoms with Gasteiger partial charge in [0.1, 0.15) is 6.04 Å². The maximum atomic E-state index is 11.3. The lowest BCUT2D eigenvalue weighted by Gasteiger charge is -2.14. The Morgan fingerprint density at radius 3 is 2.53 bits per heavy atom. The van der Waals surface area contributed by atoms with E-state index in [0.717, 1.165) is 25.7 Å². The minimum absolute atomic E-state index is 0.0163. The third-order valence-corrected chi connectivity index (χ3v) is 2.24. The molecule has 1 atom stereocenters. The second-order valence-electron chi connectivity index (χ2n) is 3.65. The molecular formula is C11H22N2O4. The molecule has 0 aliphatic carbocycles. The Kier molecular flexibility index (Phi) is 9.14. The summed E-state index contributed by atoms with van der Waals surface area (Å²) in [5, 5.41) is 2.35. The average molecular weight is 246 g/mol. The maximum Gasteiger partial charge on any atom is 0.407 e. The molecule has 0 aromatic carbocycles. The molecule has 100 valence electrons. The van der Waals surface area contributed by atoms with Gasteiger partial charge in [-0.2, -0.15) is 0 Å². The predicted molar refractivity (Wildman–Crippen MR) is 63.5 cm³/mol. The van der Waals surface area contributed by atoms with Crippen LogP contribution in [-0.4, -0.2) is 38.4 Å². The zero-order chi connectivity index (χ0) is 13.1. The molecule has 17 heavy (non-hydrogen) atoms. The summed E-state index contributed by atoms with van der Waals surface area (Å²) in [6.45, 7) is 2.44. The largest absolute Gasteiger partial charge is 0.467 e. The maximum absolute atomic E-state index is 11.3. The summed E-state index contributed by atoms with van der Waals surface area (Å²) in [7, 11) is 1.24. The Balaban J connectivity index is 3.72. The lowest BCUT2D eigenvalue weighted by molar-refractivity contribution is -0.142. The molecule has 0 saturated carbocycles. The number of hydrogen-bond donors (Lipinski definition) is 2. The zero-order valence-electron chi connectivity index (χ0n) is 10.5. The molecule has 0 saturated heterocycles. The van der Waals surface area contributed by atoms with E-state index in [1.807, 2.05) is 0 Å². The number of nitrogens with one attached hydrogen (secondary N) is 1. The van der Waals surface area contributed by atoms with E-state index in [2.05, 4.69) is 17.0 Å². The number of esters is 1. The van der Waals surface area contributed by atoms with Crippen molar-refractivity contribution in [1.82, 2.24) is 5.32 Å². The van der Waals surface area contributed by atoms with E-state index < -0.39 is 18.1 Å². The number of unbranched alkanes of at least 4 members (excludes halogenated alkanes) is 3. The molecule has 0 aliphatic rings. The summed E-state index contributed by atoms with van der Waals surface area (Å²) in [6.07, 6.45) is 3.47. The Morgan fingerprint density at radius 1 is 1.29 bits per heavy atom. The molecule has 3 N–H and O–H groups in total. The first-order valence-electron chi connectivity index (χ1n) is 5.86. The van der Waals surface area contributed by atoms with Gasteiger partial charge in [-0.1, -0.05) is 26.2 Å². The molecule has 1 amide bonds. The highest BCUT2D eigenvalue weighted by atomic mass is 16.6. The van der Waals surface area contributed by atoms with Crippen LogP contribution >= 0.6 is 0 Å². The molecule has 6 nitrogen and oxygen atoms in total. The van der Waals surface area contributed by atoms with Crippen molar-refractivity contribution in [3.8, 4) is 0 Å². The van der Waals surface area contributed by atoms with Gasteiger partial charge in [-0.05, 0) is 6.42 Å². The summed E-state index contributed by atoms with van der Waals surface area (Å²) >= 11 is 0. The highest BCUT2D eigenvalue weighted by Crippen LogP contribution is 1.99. The van der Waals surface area contributed by atoms with Crippen molar-refractivity contribution in [1.29, 1.82) is 0 Å². The third kappa shape index (κ3) is 7.57. The SMILES string of the molecule is CCCCCCOC(=O)N[C@@H](CN)C(=O)OC. The number of methoxy groups -OCH3 is 1. The quantitative estimate of drug-likeness (QED) is 0.488. The second-order valence-corrected chi connectivity index (χ2v) is 3.65. The summed E-state index contributed by atoms with van der Waals surface area (Å²) in [5.74, 6) is -0.574. The van der Waals surface area contributed by atoms with Crippen molar-refractivity contribution in [2.45, 2.75) is 38.6 Å². The lowest BCUT2D eigenvalue weighted by Crippen LogP contribution is -2.46. The number of rotatable bonds is 8. The number of hydrogen-bond acceptors (Lipinski definition) is 5. The van der Waals surface area contributed by atoms with E-state index in [-0.39, 0.29) is 6.54 Å². The van der Waals surface area contributed by atoms with E-state index in [1.54, 1.807) is 0 Å². The molecule has 0 unspecified atom stereocenters. The van der Waals surface area contributed by atoms with Crippen molar-refractivity contribution < 1.29 is 19.1 Å². The summed E-state index contributed by atoms with van der Waals surface area (Å²) in [6, 6.07) is -0.844. The van der Waals surface area contributed by atoms with Crippen LogP contribution in [0.4, 0.5) is 4.79 Å². The minimum Gasteiger partial charge on any atom is -0.467 e. The van der Waals surface area contributed by atoms with E-state index >= 15 is 0 Å². The molecule has 6 heteroatoms. The number of carbonyl (C=O) groups is 2. The summed E-state index contributed by atoms with van der Waals surface area (Å²) in [4.78, 5) is 22.4. The Hall–Kier alpha value is -1.30. The van der Waals surface area contributed by atoms with E-state index in [4.69, 9.17) is 10.5 Å². The number of amides is 1. The van der Waals surface area contributed by atoms with Crippen LogP contribution in [0.15, 0.2) is 0 Å². The van der Waals surface area contributed by atoms with Crippen molar-refractivity contribution in [3.63, 3.8) is 0 Å². The second kappa shape index (κ2) is 9.89. The number of ether oxygens (including phenoxy) is 2. The van der Waals surface area contributed by atoms with Gasteiger partial charge in [0.25, 0.3) is 0 Å². The van der Waals surface area contributed by atoms with Crippen LogP contribution in [0.3, 0.4) is 0 Å². The van der Waals surface area contributed by atoms with Crippen molar-refractivity contribution in [3.05, 3.63) is 0 Å². The number of carbonyl (C=O) groups excluding carboxylic acids is 2. The minimum atomic E-state index is -0.844. The van der Waals surface area contributed by atoms with Crippen molar-refractivity contribution >= 4 is 12.1 Å². The van der Waals surface area contributed by atoms with Gasteiger partial charge < -0.3 is 20.5 Å². The van der Waals surface area contributed by atoms with Crippen LogP contribution in [0.25, 0.3) is 0 Å². The molecule has 0 bridgehead atoms.